The van der Waals surface area contributed by atoms with Crippen molar-refractivity contribution >= 4 is 17.0 Å². The van der Waals surface area contributed by atoms with Crippen LogP contribution in [0.1, 0.15) is 39.0 Å². The molecule has 2 aromatic rings. The van der Waals surface area contributed by atoms with Crippen LogP contribution in [0, 0.1) is 0 Å². The van der Waals surface area contributed by atoms with Gasteiger partial charge in [0.25, 0.3) is 0 Å². The maximum Gasteiger partial charge on any atom is 0.206 e. The maximum absolute atomic E-state index is 4.92. The molecule has 110 valence electrons. The second kappa shape index (κ2) is 6.85. The monoisotopic (exact) mass is 299 g/mol. The molecule has 1 aromatic heterocycles. The zero-order valence-electron chi connectivity index (χ0n) is 12.5. The van der Waals surface area contributed by atoms with Crippen molar-refractivity contribution in [2.24, 2.45) is 10.1 Å². The van der Waals surface area contributed by atoms with Gasteiger partial charge in [-0.25, -0.2) is 4.68 Å². The number of thiazole rings is 1. The van der Waals surface area contributed by atoms with Gasteiger partial charge in [-0.2, -0.15) is 5.10 Å². The Bertz CT molecular complexity index is 672. The van der Waals surface area contributed by atoms with Crippen LogP contribution in [0.5, 0.6) is 0 Å². The van der Waals surface area contributed by atoms with Crippen molar-refractivity contribution in [3.05, 3.63) is 40.5 Å². The van der Waals surface area contributed by atoms with Crippen molar-refractivity contribution in [1.29, 1.82) is 0 Å². The fourth-order valence-electron chi connectivity index (χ4n) is 2.65. The van der Waals surface area contributed by atoms with Crippen LogP contribution in [0.4, 0.5) is 0 Å². The largest absolute Gasteiger partial charge is 0.258 e. The highest BCUT2D eigenvalue weighted by Gasteiger charge is 2.11. The fourth-order valence-corrected chi connectivity index (χ4v) is 3.54. The Morgan fingerprint density at radius 1 is 1.10 bits per heavy atom. The summed E-state index contributed by atoms with van der Waals surface area (Å²) >= 11 is 1.67. The topological polar surface area (TPSA) is 29.6 Å². The van der Waals surface area contributed by atoms with E-state index in [-0.39, 0.29) is 0 Å². The Labute approximate surface area is 129 Å². The van der Waals surface area contributed by atoms with Gasteiger partial charge in [0.1, 0.15) is 0 Å². The van der Waals surface area contributed by atoms with E-state index in [9.17, 15) is 0 Å². The lowest BCUT2D eigenvalue weighted by Gasteiger charge is -2.13. The molecule has 1 heterocycles. The van der Waals surface area contributed by atoms with Gasteiger partial charge in [-0.05, 0) is 32.6 Å². The zero-order valence-corrected chi connectivity index (χ0v) is 13.3. The maximum atomic E-state index is 4.92. The SMILES string of the molecule is CCN=c1scc(-c2ccccc2)n1N=C1CCCCC1. The quantitative estimate of drug-likeness (QED) is 0.808. The highest BCUT2D eigenvalue weighted by atomic mass is 32.1. The predicted octanol–water partition coefficient (Wildman–Crippen LogP) is 4.31. The third kappa shape index (κ3) is 3.32. The Hall–Kier alpha value is -1.68. The molecule has 1 aromatic carbocycles. The molecule has 21 heavy (non-hydrogen) atoms. The summed E-state index contributed by atoms with van der Waals surface area (Å²) < 4.78 is 2.05. The van der Waals surface area contributed by atoms with Crippen LogP contribution >= 0.6 is 11.3 Å². The molecular formula is C17H21N3S. The molecule has 0 N–H and O–H groups in total. The third-order valence-electron chi connectivity index (χ3n) is 3.72. The van der Waals surface area contributed by atoms with Gasteiger partial charge in [-0.1, -0.05) is 36.8 Å². The number of hydrogen-bond donors (Lipinski definition) is 0. The van der Waals surface area contributed by atoms with E-state index >= 15 is 0 Å². The summed E-state index contributed by atoms with van der Waals surface area (Å²) in [5.74, 6) is 0. The number of aromatic nitrogens is 1. The van der Waals surface area contributed by atoms with Crippen LogP contribution in [0.3, 0.4) is 0 Å². The average Bonchev–Trinajstić information content (AvgIpc) is 2.92. The van der Waals surface area contributed by atoms with Crippen molar-refractivity contribution in [3.63, 3.8) is 0 Å². The molecule has 3 nitrogen and oxygen atoms in total. The standard InChI is InChI=1S/C17H21N3S/c1-2-18-17-20(19-15-11-7-4-8-12-15)16(13-21-17)14-9-5-3-6-10-14/h3,5-6,9-10,13H,2,4,7-8,11-12H2,1H3. The van der Waals surface area contributed by atoms with E-state index in [1.807, 2.05) is 10.7 Å². The second-order valence-electron chi connectivity index (χ2n) is 5.28. The molecule has 1 aliphatic rings. The van der Waals surface area contributed by atoms with E-state index in [0.717, 1.165) is 29.9 Å². The zero-order chi connectivity index (χ0) is 14.5. The molecule has 0 radical (unpaired) electrons. The number of nitrogens with zero attached hydrogens (tertiary/aromatic N) is 3. The summed E-state index contributed by atoms with van der Waals surface area (Å²) in [4.78, 5) is 5.59. The molecule has 4 heteroatoms. The van der Waals surface area contributed by atoms with Gasteiger partial charge in [0.05, 0.1) is 5.69 Å². The molecular weight excluding hydrogens is 278 g/mol. The summed E-state index contributed by atoms with van der Waals surface area (Å²) in [5, 5.41) is 7.09. The van der Waals surface area contributed by atoms with Gasteiger partial charge in [0.2, 0.25) is 4.80 Å². The third-order valence-corrected chi connectivity index (χ3v) is 4.57. The first kappa shape index (κ1) is 14.3. The molecule has 0 atom stereocenters. The molecule has 0 spiro atoms. The fraction of sp³-hybridized carbons (Fsp3) is 0.412. The van der Waals surface area contributed by atoms with Crippen molar-refractivity contribution < 1.29 is 0 Å². The van der Waals surface area contributed by atoms with Crippen LogP contribution in [0.25, 0.3) is 11.3 Å². The van der Waals surface area contributed by atoms with E-state index in [2.05, 4.69) is 41.6 Å². The van der Waals surface area contributed by atoms with Gasteiger partial charge < -0.3 is 0 Å². The Morgan fingerprint density at radius 3 is 2.57 bits per heavy atom. The molecule has 0 saturated heterocycles. The van der Waals surface area contributed by atoms with Gasteiger partial charge in [-0.3, -0.25) is 4.99 Å². The van der Waals surface area contributed by atoms with Crippen molar-refractivity contribution in [1.82, 2.24) is 4.68 Å². The van der Waals surface area contributed by atoms with Crippen LogP contribution in [0.2, 0.25) is 0 Å². The molecule has 1 aliphatic carbocycles. The number of benzene rings is 1. The summed E-state index contributed by atoms with van der Waals surface area (Å²) in [5.41, 5.74) is 3.66. The van der Waals surface area contributed by atoms with E-state index in [0.29, 0.717) is 0 Å². The van der Waals surface area contributed by atoms with E-state index in [4.69, 9.17) is 5.10 Å². The molecule has 0 amide bonds. The molecule has 0 aliphatic heterocycles. The first-order chi connectivity index (χ1) is 10.4. The van der Waals surface area contributed by atoms with Gasteiger partial charge in [0, 0.05) is 23.2 Å². The van der Waals surface area contributed by atoms with Crippen molar-refractivity contribution in [3.8, 4) is 11.3 Å². The number of hydrogen-bond acceptors (Lipinski definition) is 3. The average molecular weight is 299 g/mol. The van der Waals surface area contributed by atoms with Gasteiger partial charge >= 0.3 is 0 Å². The summed E-state index contributed by atoms with van der Waals surface area (Å²) in [6.45, 7) is 2.86. The highest BCUT2D eigenvalue weighted by Crippen LogP contribution is 2.21. The van der Waals surface area contributed by atoms with E-state index < -0.39 is 0 Å². The van der Waals surface area contributed by atoms with Gasteiger partial charge in [-0.15, -0.1) is 11.3 Å². The summed E-state index contributed by atoms with van der Waals surface area (Å²) in [6, 6.07) is 10.5. The Balaban J connectivity index is 2.07. The highest BCUT2D eigenvalue weighted by molar-refractivity contribution is 7.07. The molecule has 0 bridgehead atoms. The van der Waals surface area contributed by atoms with Gasteiger partial charge in [0.15, 0.2) is 0 Å². The normalized spacial score (nSPS) is 16.2. The van der Waals surface area contributed by atoms with Crippen molar-refractivity contribution in [2.45, 2.75) is 39.0 Å². The minimum Gasteiger partial charge on any atom is -0.258 e. The first-order valence-electron chi connectivity index (χ1n) is 7.71. The minimum atomic E-state index is 0.791. The smallest absolute Gasteiger partial charge is 0.206 e. The lowest BCUT2D eigenvalue weighted by Crippen LogP contribution is -2.16. The first-order valence-corrected chi connectivity index (χ1v) is 8.59. The minimum absolute atomic E-state index is 0.791. The van der Waals surface area contributed by atoms with Crippen molar-refractivity contribution in [2.75, 3.05) is 6.54 Å². The van der Waals surface area contributed by atoms with Crippen LogP contribution in [-0.4, -0.2) is 16.9 Å². The lowest BCUT2D eigenvalue weighted by molar-refractivity contribution is 0.655. The summed E-state index contributed by atoms with van der Waals surface area (Å²) in [6.07, 6.45) is 6.13. The lowest BCUT2D eigenvalue weighted by atomic mass is 9.99. The van der Waals surface area contributed by atoms with E-state index in [1.54, 1.807) is 11.3 Å². The Kier molecular flexibility index (Phi) is 4.65. The molecule has 1 fully saturated rings. The second-order valence-corrected chi connectivity index (χ2v) is 6.12. The predicted molar refractivity (Wildman–Crippen MR) is 89.8 cm³/mol. The van der Waals surface area contributed by atoms with Crippen LogP contribution in [-0.2, 0) is 0 Å². The van der Waals surface area contributed by atoms with Crippen LogP contribution in [0.15, 0.2) is 45.8 Å². The molecule has 0 unspecified atom stereocenters. The molecule has 3 rings (SSSR count). The summed E-state index contributed by atoms with van der Waals surface area (Å²) in [7, 11) is 0. The number of rotatable bonds is 3. The van der Waals surface area contributed by atoms with Crippen LogP contribution < -0.4 is 4.80 Å². The molecule has 1 saturated carbocycles. The van der Waals surface area contributed by atoms with E-state index in [1.165, 1.54) is 30.5 Å². The Morgan fingerprint density at radius 2 is 1.86 bits per heavy atom.